The molecule has 3 aromatic rings. The Morgan fingerprint density at radius 3 is 2.50 bits per heavy atom. The lowest BCUT2D eigenvalue weighted by Crippen LogP contribution is -2.48. The molecule has 0 unspecified atom stereocenters. The number of alkyl halides is 1. The number of hydrogen-bond donors (Lipinski definition) is 1. The molecule has 198 valence electrons. The molecule has 0 amide bonds. The lowest BCUT2D eigenvalue weighted by atomic mass is 9.86. The lowest BCUT2D eigenvalue weighted by molar-refractivity contribution is 0.0696. The monoisotopic (exact) mass is 539 g/mol. The van der Waals surface area contributed by atoms with E-state index in [9.17, 15) is 18.7 Å². The van der Waals surface area contributed by atoms with Crippen LogP contribution in [0, 0.1) is 17.6 Å². The van der Waals surface area contributed by atoms with Gasteiger partial charge < -0.3 is 10.0 Å². The van der Waals surface area contributed by atoms with Crippen LogP contribution in [0.15, 0.2) is 54.6 Å². The third-order valence-corrected chi connectivity index (χ3v) is 7.86. The van der Waals surface area contributed by atoms with Crippen LogP contribution in [0.2, 0.25) is 5.02 Å². The Balaban J connectivity index is 1.55. The average Bonchev–Trinajstić information content (AvgIpc) is 3.05. The third kappa shape index (κ3) is 5.52. The molecule has 0 bridgehead atoms. The second-order valence-corrected chi connectivity index (χ2v) is 10.6. The molecule has 1 saturated heterocycles. The number of carboxylic acid groups (broad SMARTS) is 1. The molecule has 0 radical (unpaired) electrons. The molecule has 1 aliphatic carbocycles. The van der Waals surface area contributed by atoms with Crippen LogP contribution in [-0.4, -0.2) is 42.3 Å². The average molecular weight is 540 g/mol. The lowest BCUT2D eigenvalue weighted by Gasteiger charge is -2.39. The van der Waals surface area contributed by atoms with Crippen molar-refractivity contribution in [2.45, 2.75) is 32.1 Å². The van der Waals surface area contributed by atoms with E-state index in [0.717, 1.165) is 48.3 Å². The van der Waals surface area contributed by atoms with Crippen molar-refractivity contribution in [2.75, 3.05) is 26.3 Å². The second kappa shape index (κ2) is 11.3. The summed E-state index contributed by atoms with van der Waals surface area (Å²) in [5.74, 6) is -1.39. The van der Waals surface area contributed by atoms with E-state index in [1.54, 1.807) is 30.3 Å². The van der Waals surface area contributed by atoms with Crippen LogP contribution in [0.5, 0.6) is 0 Å². The Kier molecular flexibility index (Phi) is 7.91. The minimum atomic E-state index is -1.00. The summed E-state index contributed by atoms with van der Waals surface area (Å²) in [6, 6.07) is 14.6. The fourth-order valence-electron chi connectivity index (χ4n) is 5.71. The van der Waals surface area contributed by atoms with E-state index in [-0.39, 0.29) is 23.1 Å². The van der Waals surface area contributed by atoms with E-state index in [1.807, 2.05) is 12.1 Å². The van der Waals surface area contributed by atoms with Crippen LogP contribution in [0.4, 0.5) is 13.2 Å². The van der Waals surface area contributed by atoms with E-state index in [4.69, 9.17) is 11.6 Å². The van der Waals surface area contributed by atoms with Crippen LogP contribution in [0.3, 0.4) is 0 Å². The van der Waals surface area contributed by atoms with Gasteiger partial charge in [-0.05, 0) is 107 Å². The smallest absolute Gasteiger partial charge is 0.335 e. The Morgan fingerprint density at radius 1 is 1.00 bits per heavy atom. The first kappa shape index (κ1) is 26.5. The third-order valence-electron chi connectivity index (χ3n) is 7.54. The number of carboxylic acids is 1. The van der Waals surface area contributed by atoms with Crippen molar-refractivity contribution < 1.29 is 23.1 Å². The zero-order valence-corrected chi connectivity index (χ0v) is 21.7. The Hall–Kier alpha value is -3.09. The van der Waals surface area contributed by atoms with Crippen LogP contribution >= 0.6 is 11.6 Å². The van der Waals surface area contributed by atoms with E-state index >= 15 is 4.39 Å². The van der Waals surface area contributed by atoms with Gasteiger partial charge in [0.15, 0.2) is 0 Å². The molecule has 38 heavy (non-hydrogen) atoms. The van der Waals surface area contributed by atoms with Crippen LogP contribution in [0.1, 0.15) is 57.4 Å². The highest BCUT2D eigenvalue weighted by atomic mass is 35.5. The minimum absolute atomic E-state index is 0.203. The summed E-state index contributed by atoms with van der Waals surface area (Å²) < 4.78 is 41.8. The summed E-state index contributed by atoms with van der Waals surface area (Å²) in [6.07, 6.45) is 3.17. The SMILES string of the molecule is O=C(O)c1ccc2c(c1)CCCC(c1ccc(F)cc1Cl)=C2c1ccc(CC2CN(CCCF)C2)c(F)c1. The number of aryl methyl sites for hydroxylation is 1. The topological polar surface area (TPSA) is 40.5 Å². The Labute approximate surface area is 225 Å². The molecule has 1 fully saturated rings. The van der Waals surface area contributed by atoms with Gasteiger partial charge in [0.25, 0.3) is 0 Å². The van der Waals surface area contributed by atoms with Gasteiger partial charge in [-0.1, -0.05) is 35.9 Å². The van der Waals surface area contributed by atoms with Crippen molar-refractivity contribution >= 4 is 28.7 Å². The fourth-order valence-corrected chi connectivity index (χ4v) is 5.99. The molecule has 3 aromatic carbocycles. The molecule has 0 spiro atoms. The van der Waals surface area contributed by atoms with Gasteiger partial charge in [-0.15, -0.1) is 0 Å². The number of halogens is 4. The van der Waals surface area contributed by atoms with Crippen LogP contribution < -0.4 is 0 Å². The summed E-state index contributed by atoms with van der Waals surface area (Å²) in [7, 11) is 0. The van der Waals surface area contributed by atoms with Crippen molar-refractivity contribution in [3.8, 4) is 0 Å². The van der Waals surface area contributed by atoms with Crippen molar-refractivity contribution in [1.29, 1.82) is 0 Å². The number of allylic oxidation sites excluding steroid dienone is 1. The van der Waals surface area contributed by atoms with Gasteiger partial charge in [0, 0.05) is 19.6 Å². The summed E-state index contributed by atoms with van der Waals surface area (Å²) >= 11 is 6.49. The summed E-state index contributed by atoms with van der Waals surface area (Å²) in [5.41, 5.74) is 5.57. The predicted molar refractivity (Wildman–Crippen MR) is 144 cm³/mol. The Bertz CT molecular complexity index is 1400. The van der Waals surface area contributed by atoms with Crippen molar-refractivity contribution in [3.63, 3.8) is 0 Å². The van der Waals surface area contributed by atoms with Gasteiger partial charge in [-0.25, -0.2) is 13.6 Å². The summed E-state index contributed by atoms with van der Waals surface area (Å²) in [4.78, 5) is 13.8. The standard InChI is InChI=1S/C31H29ClF3NO2/c32-28-16-24(34)8-10-26(28)27-4-1-3-20-14-23(31(37)38)7-9-25(20)30(27)22-6-5-21(29(35)15-22)13-19-17-36(18-19)12-2-11-33/h5-10,14-16,19H,1-4,11-13,17-18H2,(H,37,38). The number of fused-ring (bicyclic) bond motifs is 1. The molecular formula is C31H29ClF3NO2. The van der Waals surface area contributed by atoms with Gasteiger partial charge in [-0.3, -0.25) is 4.39 Å². The molecule has 1 N–H and O–H groups in total. The van der Waals surface area contributed by atoms with E-state index < -0.39 is 11.8 Å². The van der Waals surface area contributed by atoms with Crippen molar-refractivity contribution in [3.05, 3.63) is 105 Å². The normalized spacial score (nSPS) is 16.2. The maximum atomic E-state index is 15.5. The molecule has 1 aliphatic heterocycles. The van der Waals surface area contributed by atoms with Gasteiger partial charge in [0.1, 0.15) is 11.6 Å². The first-order valence-electron chi connectivity index (χ1n) is 13.0. The highest BCUT2D eigenvalue weighted by Gasteiger charge is 2.28. The maximum absolute atomic E-state index is 15.5. The van der Waals surface area contributed by atoms with Gasteiger partial charge in [0.05, 0.1) is 17.3 Å². The first-order chi connectivity index (χ1) is 18.3. The largest absolute Gasteiger partial charge is 0.478 e. The van der Waals surface area contributed by atoms with E-state index in [2.05, 4.69) is 4.90 Å². The van der Waals surface area contributed by atoms with Crippen LogP contribution in [0.25, 0.3) is 11.1 Å². The molecule has 0 aromatic heterocycles. The van der Waals surface area contributed by atoms with Gasteiger partial charge in [0.2, 0.25) is 0 Å². The number of likely N-dealkylation sites (tertiary alicyclic amines) is 1. The molecule has 0 atom stereocenters. The number of benzene rings is 3. The second-order valence-electron chi connectivity index (χ2n) is 10.2. The molecule has 7 heteroatoms. The minimum Gasteiger partial charge on any atom is -0.478 e. The van der Waals surface area contributed by atoms with Crippen molar-refractivity contribution in [1.82, 2.24) is 4.90 Å². The van der Waals surface area contributed by atoms with Gasteiger partial charge >= 0.3 is 5.97 Å². The fraction of sp³-hybridized carbons (Fsp3) is 0.323. The number of hydrogen-bond acceptors (Lipinski definition) is 2. The number of carbonyl (C=O) groups is 1. The Morgan fingerprint density at radius 2 is 1.79 bits per heavy atom. The molecular weight excluding hydrogens is 511 g/mol. The zero-order valence-electron chi connectivity index (χ0n) is 21.0. The highest BCUT2D eigenvalue weighted by Crippen LogP contribution is 2.42. The summed E-state index contributed by atoms with van der Waals surface area (Å²) in [6.45, 7) is 2.11. The zero-order chi connectivity index (χ0) is 26.8. The molecule has 5 rings (SSSR count). The number of nitrogens with zero attached hydrogens (tertiary/aromatic N) is 1. The molecule has 3 nitrogen and oxygen atoms in total. The number of aromatic carboxylic acids is 1. The first-order valence-corrected chi connectivity index (χ1v) is 13.3. The molecule has 2 aliphatic rings. The molecule has 0 saturated carbocycles. The van der Waals surface area contributed by atoms with Crippen LogP contribution in [-0.2, 0) is 12.8 Å². The molecule has 1 heterocycles. The predicted octanol–water partition coefficient (Wildman–Crippen LogP) is 7.45. The summed E-state index contributed by atoms with van der Waals surface area (Å²) in [5, 5.41) is 9.80. The quantitative estimate of drug-likeness (QED) is 0.323. The van der Waals surface area contributed by atoms with Gasteiger partial charge in [-0.2, -0.15) is 0 Å². The maximum Gasteiger partial charge on any atom is 0.335 e. The van der Waals surface area contributed by atoms with E-state index in [1.165, 1.54) is 12.1 Å². The highest BCUT2D eigenvalue weighted by molar-refractivity contribution is 6.32. The number of rotatable bonds is 8. The van der Waals surface area contributed by atoms with Crippen molar-refractivity contribution in [2.24, 2.45) is 5.92 Å². The van der Waals surface area contributed by atoms with E-state index in [0.29, 0.717) is 48.3 Å².